The van der Waals surface area contributed by atoms with E-state index < -0.39 is 6.09 Å². The van der Waals surface area contributed by atoms with Crippen molar-refractivity contribution in [3.05, 3.63) is 78.0 Å². The predicted octanol–water partition coefficient (Wildman–Crippen LogP) is 4.58. The van der Waals surface area contributed by atoms with Gasteiger partial charge in [0.05, 0.1) is 30.7 Å². The molecular weight excluding hydrogens is 497 g/mol. The monoisotopic (exact) mass is 533 g/mol. The van der Waals surface area contributed by atoms with Crippen molar-refractivity contribution >= 4 is 12.0 Å². The molecule has 1 aliphatic heterocycles. The number of rotatable bonds is 7. The predicted molar refractivity (Wildman–Crippen MR) is 147 cm³/mol. The molecule has 8 nitrogen and oxygen atoms in total. The van der Waals surface area contributed by atoms with Crippen LogP contribution in [0.25, 0.3) is 11.3 Å². The van der Waals surface area contributed by atoms with Gasteiger partial charge in [-0.15, -0.1) is 0 Å². The molecule has 0 unspecified atom stereocenters. The van der Waals surface area contributed by atoms with Gasteiger partial charge in [0.1, 0.15) is 5.82 Å². The van der Waals surface area contributed by atoms with Gasteiger partial charge in [-0.05, 0) is 43.9 Å². The van der Waals surface area contributed by atoms with E-state index in [4.69, 9.17) is 9.72 Å². The minimum atomic E-state index is -0.420. The lowest BCUT2D eigenvalue weighted by Crippen LogP contribution is -2.54. The number of carbonyl (C=O) groups excluding carboxylic acids is 2. The number of piperazine rings is 1. The van der Waals surface area contributed by atoms with Crippen LogP contribution in [0.5, 0.6) is 0 Å². The third-order valence-corrected chi connectivity index (χ3v) is 7.70. The summed E-state index contributed by atoms with van der Waals surface area (Å²) in [4.78, 5) is 33.1. The number of amides is 2. The van der Waals surface area contributed by atoms with E-state index in [1.165, 1.54) is 12.1 Å². The molecule has 206 valence electrons. The van der Waals surface area contributed by atoms with Crippen molar-refractivity contribution in [3.8, 4) is 11.3 Å². The smallest absolute Gasteiger partial charge is 0.407 e. The first kappa shape index (κ1) is 26.9. The van der Waals surface area contributed by atoms with Crippen molar-refractivity contribution in [1.29, 1.82) is 0 Å². The van der Waals surface area contributed by atoms with Gasteiger partial charge < -0.3 is 24.8 Å². The van der Waals surface area contributed by atoms with Gasteiger partial charge in [-0.3, -0.25) is 4.79 Å². The Kier molecular flexibility index (Phi) is 8.56. The van der Waals surface area contributed by atoms with E-state index in [0.29, 0.717) is 38.4 Å². The second kappa shape index (κ2) is 12.4. The fourth-order valence-corrected chi connectivity index (χ4v) is 5.83. The Bertz CT molecular complexity index is 1260. The number of benzene rings is 2. The molecule has 39 heavy (non-hydrogen) atoms. The third-order valence-electron chi connectivity index (χ3n) is 7.70. The number of imidazole rings is 1. The lowest BCUT2D eigenvalue weighted by molar-refractivity contribution is 0.0631. The Labute approximate surface area is 228 Å². The second-order valence-electron chi connectivity index (χ2n) is 10.2. The number of carbonyl (C=O) groups is 2. The first-order valence-corrected chi connectivity index (χ1v) is 13.9. The third kappa shape index (κ3) is 6.14. The minimum Gasteiger partial charge on any atom is -0.450 e. The van der Waals surface area contributed by atoms with Gasteiger partial charge in [0.15, 0.2) is 5.69 Å². The highest BCUT2D eigenvalue weighted by molar-refractivity contribution is 5.98. The first-order valence-electron chi connectivity index (χ1n) is 13.9. The molecule has 1 saturated carbocycles. The number of nitrogens with zero attached hydrogens (tertiary/aromatic N) is 3. The maximum atomic E-state index is 14.2. The fourth-order valence-electron chi connectivity index (χ4n) is 5.83. The fraction of sp³-hybridized carbons (Fsp3) is 0.433. The zero-order valence-electron chi connectivity index (χ0n) is 22.3. The lowest BCUT2D eigenvalue weighted by atomic mass is 9.89. The van der Waals surface area contributed by atoms with Crippen LogP contribution in [0.4, 0.5) is 9.18 Å². The van der Waals surface area contributed by atoms with Crippen LogP contribution in [0.2, 0.25) is 0 Å². The van der Waals surface area contributed by atoms with Crippen molar-refractivity contribution in [2.45, 2.75) is 57.2 Å². The van der Waals surface area contributed by atoms with Crippen molar-refractivity contribution in [1.82, 2.24) is 25.1 Å². The molecule has 1 saturated heterocycles. The van der Waals surface area contributed by atoms with Crippen LogP contribution in [0.1, 0.15) is 54.7 Å². The van der Waals surface area contributed by atoms with E-state index in [2.05, 4.69) is 15.2 Å². The molecule has 5 rings (SSSR count). The standard InChI is InChI=1S/C30H36FN5O3/c1-2-39-30(38)34-25-10-6-7-11-26(25)36-20-33-27(28(36)22-8-4-3-5-9-22)29(37)35-17-16-32-19-24(35)18-21-12-14-23(31)15-13-21/h3-5,8-9,12-15,20,24-26,32H,2,6-7,10-11,16-19H2,1H3,(H,34,38)/t24-,25+,26+/m1/s1. The quantitative estimate of drug-likeness (QED) is 0.464. The Morgan fingerprint density at radius 1 is 1.10 bits per heavy atom. The van der Waals surface area contributed by atoms with Crippen LogP contribution in [0, 0.1) is 5.82 Å². The van der Waals surface area contributed by atoms with E-state index in [0.717, 1.165) is 42.5 Å². The highest BCUT2D eigenvalue weighted by Gasteiger charge is 2.35. The molecule has 2 fully saturated rings. The molecule has 3 aromatic rings. The van der Waals surface area contributed by atoms with Crippen molar-refractivity contribution in [2.24, 2.45) is 0 Å². The van der Waals surface area contributed by atoms with E-state index in [9.17, 15) is 14.0 Å². The van der Waals surface area contributed by atoms with E-state index >= 15 is 0 Å². The molecular formula is C30H36FN5O3. The van der Waals surface area contributed by atoms with Crippen LogP contribution < -0.4 is 10.6 Å². The van der Waals surface area contributed by atoms with Crippen LogP contribution >= 0.6 is 0 Å². The Morgan fingerprint density at radius 2 is 1.87 bits per heavy atom. The lowest BCUT2D eigenvalue weighted by Gasteiger charge is -2.36. The largest absolute Gasteiger partial charge is 0.450 e. The number of halogens is 1. The molecule has 0 bridgehead atoms. The van der Waals surface area contributed by atoms with Crippen molar-refractivity contribution < 1.29 is 18.7 Å². The van der Waals surface area contributed by atoms with Crippen LogP contribution in [0.3, 0.4) is 0 Å². The second-order valence-corrected chi connectivity index (χ2v) is 10.2. The molecule has 9 heteroatoms. The van der Waals surface area contributed by atoms with Gasteiger partial charge in [-0.2, -0.15) is 0 Å². The summed E-state index contributed by atoms with van der Waals surface area (Å²) < 4.78 is 20.7. The molecule has 0 radical (unpaired) electrons. The highest BCUT2D eigenvalue weighted by atomic mass is 19.1. The van der Waals surface area contributed by atoms with E-state index in [1.54, 1.807) is 25.4 Å². The maximum absolute atomic E-state index is 14.2. The Morgan fingerprint density at radius 3 is 2.64 bits per heavy atom. The number of ether oxygens (including phenoxy) is 1. The van der Waals surface area contributed by atoms with Crippen LogP contribution in [0.15, 0.2) is 60.9 Å². The zero-order valence-corrected chi connectivity index (χ0v) is 22.3. The number of hydrogen-bond donors (Lipinski definition) is 2. The van der Waals surface area contributed by atoms with Gasteiger partial charge in [-0.25, -0.2) is 14.2 Å². The number of aromatic nitrogens is 2. The van der Waals surface area contributed by atoms with Crippen molar-refractivity contribution in [3.63, 3.8) is 0 Å². The normalized spacial score (nSPS) is 21.4. The maximum Gasteiger partial charge on any atom is 0.407 e. The molecule has 1 aromatic heterocycles. The van der Waals surface area contributed by atoms with Gasteiger partial charge >= 0.3 is 6.09 Å². The van der Waals surface area contributed by atoms with Crippen molar-refractivity contribution in [2.75, 3.05) is 26.2 Å². The van der Waals surface area contributed by atoms with Gasteiger partial charge in [0.25, 0.3) is 5.91 Å². The molecule has 2 aromatic carbocycles. The summed E-state index contributed by atoms with van der Waals surface area (Å²) in [6, 6.07) is 16.1. The molecule has 0 spiro atoms. The molecule has 1 aliphatic carbocycles. The molecule has 2 amide bonds. The summed E-state index contributed by atoms with van der Waals surface area (Å²) >= 11 is 0. The average molecular weight is 534 g/mol. The first-order chi connectivity index (χ1) is 19.0. The Hall–Kier alpha value is -3.72. The molecule has 2 N–H and O–H groups in total. The molecule has 3 atom stereocenters. The van der Waals surface area contributed by atoms with Crippen LogP contribution in [-0.2, 0) is 11.2 Å². The summed E-state index contributed by atoms with van der Waals surface area (Å²) in [6.45, 7) is 4.01. The van der Waals surface area contributed by atoms with E-state index in [1.807, 2.05) is 35.2 Å². The van der Waals surface area contributed by atoms with Gasteiger partial charge in [-0.1, -0.05) is 55.3 Å². The summed E-state index contributed by atoms with van der Waals surface area (Å²) in [7, 11) is 0. The average Bonchev–Trinajstić information content (AvgIpc) is 3.40. The summed E-state index contributed by atoms with van der Waals surface area (Å²) in [5.74, 6) is -0.392. The summed E-state index contributed by atoms with van der Waals surface area (Å²) in [6.07, 6.45) is 5.69. The summed E-state index contributed by atoms with van der Waals surface area (Å²) in [5, 5.41) is 6.44. The zero-order chi connectivity index (χ0) is 27.2. The molecule has 2 aliphatic rings. The minimum absolute atomic E-state index is 0.0505. The highest BCUT2D eigenvalue weighted by Crippen LogP contribution is 2.35. The Balaban J connectivity index is 1.48. The number of hydrogen-bond acceptors (Lipinski definition) is 5. The number of alkyl carbamates (subject to hydrolysis) is 1. The van der Waals surface area contributed by atoms with Gasteiger partial charge in [0.2, 0.25) is 0 Å². The summed E-state index contributed by atoms with van der Waals surface area (Å²) in [5.41, 5.74) is 3.06. The van der Waals surface area contributed by atoms with Gasteiger partial charge in [0, 0.05) is 31.2 Å². The molecule has 2 heterocycles. The topological polar surface area (TPSA) is 88.5 Å². The number of nitrogens with one attached hydrogen (secondary N) is 2. The SMILES string of the molecule is CCOC(=O)N[C@H]1CCCC[C@@H]1n1cnc(C(=O)N2CCNC[C@H]2Cc2ccc(F)cc2)c1-c1ccccc1. The van der Waals surface area contributed by atoms with Crippen LogP contribution in [-0.4, -0.2) is 64.8 Å². The van der Waals surface area contributed by atoms with E-state index in [-0.39, 0.29) is 29.8 Å².